The zero-order chi connectivity index (χ0) is 64.1. The number of aliphatic hydroxyl groups is 14. The highest BCUT2D eigenvalue weighted by Gasteiger charge is 2.56. The highest BCUT2D eigenvalue weighted by molar-refractivity contribution is 8.00. The van der Waals surface area contributed by atoms with Crippen LogP contribution in [0.25, 0.3) is 0 Å². The van der Waals surface area contributed by atoms with Crippen LogP contribution >= 0.6 is 11.8 Å². The topological polar surface area (TPSA) is 533 Å². The number of carbonyl (C=O) groups is 5. The Balaban J connectivity index is 0.945. The lowest BCUT2D eigenvalue weighted by atomic mass is 9.94. The van der Waals surface area contributed by atoms with Crippen molar-refractivity contribution >= 4 is 41.4 Å². The first kappa shape index (κ1) is 72.0. The summed E-state index contributed by atoms with van der Waals surface area (Å²) in [6.07, 6.45) is -37.2. The molecule has 0 radical (unpaired) electrons. The Kier molecular flexibility index (Phi) is 27.7. The number of aliphatic hydroxyl groups excluding tert-OH is 14. The minimum absolute atomic E-state index is 0.0945. The molecule has 7 heterocycles. The molecule has 7 saturated heterocycles. The molecule has 0 aromatic rings. The summed E-state index contributed by atoms with van der Waals surface area (Å²) >= 11 is 1.81. The van der Waals surface area contributed by atoms with Crippen molar-refractivity contribution in [2.75, 3.05) is 58.5 Å². The van der Waals surface area contributed by atoms with Crippen molar-refractivity contribution in [1.29, 1.82) is 0 Å². The molecule has 0 saturated carbocycles. The molecular formula is C52H88N6O29S. The van der Waals surface area contributed by atoms with Crippen LogP contribution in [-0.2, 0) is 66.5 Å². The summed E-state index contributed by atoms with van der Waals surface area (Å²) in [4.78, 5) is 62.1. The number of hydrogen-bond donors (Lipinski definition) is 20. The third-order valence-corrected chi connectivity index (χ3v) is 17.8. The van der Waals surface area contributed by atoms with Crippen molar-refractivity contribution in [1.82, 2.24) is 31.9 Å². The maximum Gasteiger partial charge on any atom is 0.315 e. The second-order valence-electron chi connectivity index (χ2n) is 22.7. The molecule has 506 valence electrons. The Morgan fingerprint density at radius 2 is 0.966 bits per heavy atom. The van der Waals surface area contributed by atoms with E-state index >= 15 is 0 Å². The van der Waals surface area contributed by atoms with E-state index in [0.29, 0.717) is 37.4 Å². The first-order valence-electron chi connectivity index (χ1n) is 29.5. The number of amides is 6. The lowest BCUT2D eigenvalue weighted by Gasteiger charge is -2.49. The second-order valence-corrected chi connectivity index (χ2v) is 24.0. The van der Waals surface area contributed by atoms with Crippen molar-refractivity contribution in [2.24, 2.45) is 0 Å². The van der Waals surface area contributed by atoms with Gasteiger partial charge in [-0.1, -0.05) is 12.8 Å². The van der Waals surface area contributed by atoms with Gasteiger partial charge in [0.05, 0.1) is 45.1 Å². The Hall–Kier alpha value is -3.46. The lowest BCUT2D eigenvalue weighted by molar-refractivity contribution is -0.376. The molecule has 7 rings (SSSR count). The van der Waals surface area contributed by atoms with E-state index in [1.165, 1.54) is 0 Å². The Bertz CT molecular complexity index is 2220. The van der Waals surface area contributed by atoms with Crippen LogP contribution in [0.4, 0.5) is 4.79 Å². The van der Waals surface area contributed by atoms with Gasteiger partial charge in [-0.25, -0.2) is 4.79 Å². The summed E-state index contributed by atoms with van der Waals surface area (Å²) in [6.45, 7) is -1.82. The van der Waals surface area contributed by atoms with Crippen LogP contribution in [0, 0.1) is 0 Å². The Morgan fingerprint density at radius 3 is 1.51 bits per heavy atom. The van der Waals surface area contributed by atoms with Gasteiger partial charge >= 0.3 is 6.03 Å². The molecular weight excluding hydrogens is 1200 g/mol. The van der Waals surface area contributed by atoms with E-state index in [0.717, 1.165) is 32.4 Å². The molecule has 0 unspecified atom stereocenters. The molecule has 88 heavy (non-hydrogen) atoms. The van der Waals surface area contributed by atoms with Crippen LogP contribution in [-0.4, -0.2) is 330 Å². The van der Waals surface area contributed by atoms with E-state index in [1.807, 2.05) is 11.8 Å². The second kappa shape index (κ2) is 33.9. The molecule has 0 bridgehead atoms. The average molecular weight is 1290 g/mol. The summed E-state index contributed by atoms with van der Waals surface area (Å²) in [6, 6.07) is -2.98. The fraction of sp³-hybridized carbons (Fsp3) is 0.904. The number of rotatable bonds is 30. The van der Waals surface area contributed by atoms with E-state index in [-0.39, 0.29) is 56.0 Å². The number of hydrogen-bond acceptors (Lipinski definition) is 30. The van der Waals surface area contributed by atoms with Crippen molar-refractivity contribution in [3.63, 3.8) is 0 Å². The first-order chi connectivity index (χ1) is 42.0. The number of ether oxygens (including phenoxy) is 10. The molecule has 0 aliphatic carbocycles. The summed E-state index contributed by atoms with van der Waals surface area (Å²) in [5, 5.41) is 167. The van der Waals surface area contributed by atoms with Gasteiger partial charge in [0, 0.05) is 57.4 Å². The zero-order valence-electron chi connectivity index (χ0n) is 48.5. The van der Waals surface area contributed by atoms with Crippen LogP contribution in [0.3, 0.4) is 0 Å². The quantitative estimate of drug-likeness (QED) is 0.0235. The summed E-state index contributed by atoms with van der Waals surface area (Å²) in [5.41, 5.74) is 0. The van der Waals surface area contributed by atoms with Gasteiger partial charge in [-0.2, -0.15) is 11.8 Å². The van der Waals surface area contributed by atoms with Crippen LogP contribution in [0.5, 0.6) is 0 Å². The van der Waals surface area contributed by atoms with Crippen molar-refractivity contribution in [3.8, 4) is 0 Å². The van der Waals surface area contributed by atoms with Gasteiger partial charge in [0.15, 0.2) is 31.5 Å². The molecule has 7 fully saturated rings. The molecule has 0 aromatic carbocycles. The van der Waals surface area contributed by atoms with Gasteiger partial charge in [0.25, 0.3) is 0 Å². The van der Waals surface area contributed by atoms with E-state index in [1.54, 1.807) is 0 Å². The molecule has 6 amide bonds. The molecule has 0 spiro atoms. The normalized spacial score (nSPS) is 41.8. The minimum atomic E-state index is -2.11. The molecule has 35 nitrogen and oxygen atoms in total. The lowest BCUT2D eigenvalue weighted by Crippen LogP contribution is -2.69. The van der Waals surface area contributed by atoms with Gasteiger partial charge in [0.2, 0.25) is 23.6 Å². The summed E-state index contributed by atoms with van der Waals surface area (Å²) in [5.74, 6) is -1.01. The van der Waals surface area contributed by atoms with E-state index in [2.05, 4.69) is 31.9 Å². The predicted molar refractivity (Wildman–Crippen MR) is 292 cm³/mol. The van der Waals surface area contributed by atoms with Crippen LogP contribution in [0.15, 0.2) is 0 Å². The first-order valence-corrected chi connectivity index (χ1v) is 30.5. The number of carbonyl (C=O) groups excluding carboxylic acids is 5. The van der Waals surface area contributed by atoms with Gasteiger partial charge in [-0.15, -0.1) is 0 Å². The molecule has 7 aliphatic heterocycles. The van der Waals surface area contributed by atoms with Crippen LogP contribution in [0.1, 0.15) is 65.2 Å². The Labute approximate surface area is 509 Å². The predicted octanol–water partition coefficient (Wildman–Crippen LogP) is -10.1. The van der Waals surface area contributed by atoms with E-state index in [9.17, 15) is 95.5 Å². The highest BCUT2D eigenvalue weighted by Crippen LogP contribution is 2.36. The summed E-state index contributed by atoms with van der Waals surface area (Å²) in [7, 11) is 0. The molecule has 7 aliphatic rings. The molecule has 28 atom stereocenters. The van der Waals surface area contributed by atoms with E-state index in [4.69, 9.17) is 47.4 Å². The molecule has 0 aromatic heterocycles. The van der Waals surface area contributed by atoms with Gasteiger partial charge < -0.3 is 151 Å². The molecule has 20 N–H and O–H groups in total. The standard InChI is InChI=1S/C52H88N6O29S/c1-20(63)55-32-37(70)44(85-51-43(76)40(73)45(26(17-62)83-51)86-49-41(74)38(71)34(67)23(14-59)80-49)25(16-61)82-47(32)79-18-27-36(69)46(87-50-42(75)39(72)35(68)24(15-60)81-50)33(56-21(2)64)48(84-27)78-13-7-3-4-9-29(65)53-11-12-54-30(66)10-6-5-8-28-31-22(19-88-28)57-52(77)58-31/h22-28,31-51,59-62,67-76H,3-19H2,1-2H3,(H,53,65)(H,54,66)(H,55,63)(H,56,64)(H2,57,58,77)/t22-,23+,24+,25+,26+,27+,28-,31-,32+,33+,34-,35-,36-,37+,38-,39-,40+,41+,42+,43+,44+,45-,46+,47+,48-,49+,50-,51-/m0/s1. The maximum absolute atomic E-state index is 12.7. The number of thioether (sulfide) groups is 1. The number of unbranched alkanes of at least 4 members (excludes halogenated alkanes) is 3. The largest absolute Gasteiger partial charge is 0.394 e. The number of urea groups is 1. The SMILES string of the molecule is CC(=O)N[C@H]1[C@H](OC[C@H]2O[C@H](OCCCCCC(=O)NCCNC(=O)CCCC[C@@H]3SC[C@@H]4NC(=O)N[C@@H]43)[C@H](NC(C)=O)[C@@H](O[C@@H]3O[C@H](CO)[C@H](O)[C@H](O)[C@H]3O)[C@H]2O)O[C@H](CO)[C@@H](O[C@@H]2O[C@H](CO)[C@H](O[C@H]3O[C@H](CO)[C@H](O)[C@H](O)[C@H]3O)[C@H](O)[C@H]2O)[C@@H]1O. The summed E-state index contributed by atoms with van der Waals surface area (Å²) < 4.78 is 58.5. The smallest absolute Gasteiger partial charge is 0.315 e. The van der Waals surface area contributed by atoms with Gasteiger partial charge in [0.1, 0.15) is 122 Å². The van der Waals surface area contributed by atoms with Gasteiger partial charge in [-0.3, -0.25) is 19.2 Å². The Morgan fingerprint density at radius 1 is 0.500 bits per heavy atom. The minimum Gasteiger partial charge on any atom is -0.394 e. The average Bonchev–Trinajstić information content (AvgIpc) is 2.83. The third-order valence-electron chi connectivity index (χ3n) is 16.3. The van der Waals surface area contributed by atoms with Crippen molar-refractivity contribution in [3.05, 3.63) is 0 Å². The van der Waals surface area contributed by atoms with Crippen molar-refractivity contribution < 1.29 is 143 Å². The fourth-order valence-corrected chi connectivity index (χ4v) is 13.0. The fourth-order valence-electron chi connectivity index (χ4n) is 11.5. The van der Waals surface area contributed by atoms with Gasteiger partial charge in [-0.05, 0) is 25.7 Å². The van der Waals surface area contributed by atoms with Crippen molar-refractivity contribution in [2.45, 2.75) is 236 Å². The monoisotopic (exact) mass is 1290 g/mol. The number of nitrogens with one attached hydrogen (secondary N) is 6. The zero-order valence-corrected chi connectivity index (χ0v) is 49.3. The molecule has 36 heteroatoms. The van der Waals surface area contributed by atoms with Crippen LogP contribution in [0.2, 0.25) is 0 Å². The van der Waals surface area contributed by atoms with Crippen LogP contribution < -0.4 is 31.9 Å². The maximum atomic E-state index is 12.7. The number of fused-ring (bicyclic) bond motifs is 1. The van der Waals surface area contributed by atoms with E-state index < -0.39 is 198 Å². The third kappa shape index (κ3) is 18.2. The highest BCUT2D eigenvalue weighted by atomic mass is 32.2.